The van der Waals surface area contributed by atoms with Gasteiger partial charge in [0, 0.05) is 0 Å². The van der Waals surface area contributed by atoms with E-state index in [1.807, 2.05) is 36.4 Å². The Bertz CT molecular complexity index is 1000. The molecule has 3 aromatic rings. The van der Waals surface area contributed by atoms with Crippen molar-refractivity contribution in [2.45, 2.75) is 19.3 Å². The number of hydrogen-bond acceptors (Lipinski definition) is 6. The molecule has 1 aliphatic rings. The fourth-order valence-electron chi connectivity index (χ4n) is 3.35. The molecular weight excluding hydrogens is 495 g/mol. The zero-order chi connectivity index (χ0) is 20.8. The first-order chi connectivity index (χ1) is 14.7. The predicted molar refractivity (Wildman–Crippen MR) is 124 cm³/mol. The molecule has 0 aliphatic carbocycles. The summed E-state index contributed by atoms with van der Waals surface area (Å²) in [6.45, 7) is 1.73. The van der Waals surface area contributed by atoms with Crippen molar-refractivity contribution in [3.05, 3.63) is 88.6 Å². The molecule has 1 aliphatic heterocycles. The second kappa shape index (κ2) is 10.1. The number of nitrogens with zero attached hydrogens (tertiary/aromatic N) is 3. The number of ether oxygens (including phenoxy) is 2. The monoisotopic (exact) mass is 520 g/mol. The van der Waals surface area contributed by atoms with Gasteiger partial charge in [0.25, 0.3) is 0 Å². The minimum absolute atomic E-state index is 0.0194. The van der Waals surface area contributed by atoms with Crippen LogP contribution >= 0.6 is 20.1 Å². The van der Waals surface area contributed by atoms with Crippen LogP contribution in [0.4, 0.5) is 5.95 Å². The Kier molecular flexibility index (Phi) is 7.08. The van der Waals surface area contributed by atoms with Gasteiger partial charge < -0.3 is 0 Å². The van der Waals surface area contributed by atoms with Gasteiger partial charge in [0.05, 0.1) is 0 Å². The summed E-state index contributed by atoms with van der Waals surface area (Å²) in [6, 6.07) is 20.3. The number of nitrogens with two attached hydrogens (primary N) is 1. The standard InChI is InChI=1S/C22H25IN4O3/c24-21-25-16-27(22(28)26-21)23-11-19(15-29-13-17-7-3-1-4-8-17)20(12-23)30-14-18-9-5-2-6-10-18/h1-10,16,19-20H,11-15H2,(H2,24,26,28)/t19-,20?/m1/s1. The third kappa shape index (κ3) is 5.44. The van der Waals surface area contributed by atoms with Crippen LogP contribution < -0.4 is 11.4 Å². The molecular formula is C22H25IN4O3. The van der Waals surface area contributed by atoms with Crippen molar-refractivity contribution >= 4 is 26.0 Å². The van der Waals surface area contributed by atoms with E-state index in [2.05, 4.69) is 34.2 Å². The van der Waals surface area contributed by atoms with Crippen LogP contribution in [0.5, 0.6) is 0 Å². The average molecular weight is 520 g/mol. The Balaban J connectivity index is 1.43. The van der Waals surface area contributed by atoms with Crippen molar-refractivity contribution in [1.29, 1.82) is 0 Å². The average Bonchev–Trinajstić information content (AvgIpc) is 3.16. The van der Waals surface area contributed by atoms with Crippen LogP contribution in [-0.4, -0.2) is 34.3 Å². The second-order valence-corrected chi connectivity index (χ2v) is 12.4. The molecule has 4 rings (SSSR count). The number of rotatable bonds is 8. The van der Waals surface area contributed by atoms with Gasteiger partial charge in [0.1, 0.15) is 0 Å². The maximum atomic E-state index is 12.3. The summed E-state index contributed by atoms with van der Waals surface area (Å²) in [5, 5.41) is 0. The van der Waals surface area contributed by atoms with Crippen molar-refractivity contribution in [2.24, 2.45) is 5.92 Å². The molecule has 2 heterocycles. The zero-order valence-electron chi connectivity index (χ0n) is 16.6. The van der Waals surface area contributed by atoms with Gasteiger partial charge in [-0.05, 0) is 0 Å². The van der Waals surface area contributed by atoms with Crippen LogP contribution in [0.2, 0.25) is 0 Å². The van der Waals surface area contributed by atoms with Gasteiger partial charge in [-0.3, -0.25) is 0 Å². The number of halogens is 1. The predicted octanol–water partition coefficient (Wildman–Crippen LogP) is 2.92. The molecule has 1 fully saturated rings. The summed E-state index contributed by atoms with van der Waals surface area (Å²) >= 11 is -1.84. The van der Waals surface area contributed by atoms with Gasteiger partial charge in [-0.2, -0.15) is 0 Å². The Morgan fingerprint density at radius 3 is 2.33 bits per heavy atom. The number of benzene rings is 2. The Hall–Kier alpha value is -2.30. The topological polar surface area (TPSA) is 92.3 Å². The van der Waals surface area contributed by atoms with E-state index in [0.717, 1.165) is 20.0 Å². The molecule has 7 nitrogen and oxygen atoms in total. The molecule has 158 valence electrons. The molecule has 0 amide bonds. The minimum atomic E-state index is -1.84. The summed E-state index contributed by atoms with van der Waals surface area (Å²) < 4.78 is 15.8. The van der Waals surface area contributed by atoms with E-state index < -0.39 is 20.1 Å². The van der Waals surface area contributed by atoms with Crippen LogP contribution in [0, 0.1) is 5.92 Å². The number of alkyl halides is 2. The molecule has 2 aromatic carbocycles. The molecule has 30 heavy (non-hydrogen) atoms. The summed E-state index contributed by atoms with van der Waals surface area (Å²) in [7, 11) is 0. The van der Waals surface area contributed by atoms with E-state index in [1.165, 1.54) is 0 Å². The first kappa shape index (κ1) is 21.0. The summed E-state index contributed by atoms with van der Waals surface area (Å²) in [4.78, 5) is 20.1. The number of hydrogen-bond donors (Lipinski definition) is 1. The zero-order valence-corrected chi connectivity index (χ0v) is 18.7. The SMILES string of the molecule is Nc1ncn(I2CC(OCc3ccccc3)[C@@H](COCc3ccccc3)C2)c(=O)n1. The van der Waals surface area contributed by atoms with E-state index in [4.69, 9.17) is 15.2 Å². The van der Waals surface area contributed by atoms with Crippen LogP contribution in [0.3, 0.4) is 0 Å². The Morgan fingerprint density at radius 1 is 1.00 bits per heavy atom. The van der Waals surface area contributed by atoms with E-state index in [1.54, 1.807) is 9.11 Å². The summed E-state index contributed by atoms with van der Waals surface area (Å²) in [5.41, 5.74) is 7.54. The van der Waals surface area contributed by atoms with Gasteiger partial charge in [0.2, 0.25) is 0 Å². The van der Waals surface area contributed by atoms with Gasteiger partial charge in [-0.25, -0.2) is 0 Å². The normalized spacial score (nSPS) is 19.8. The van der Waals surface area contributed by atoms with Crippen molar-refractivity contribution < 1.29 is 9.47 Å². The quantitative estimate of drug-likeness (QED) is 0.363. The van der Waals surface area contributed by atoms with Gasteiger partial charge >= 0.3 is 183 Å². The second-order valence-electron chi connectivity index (χ2n) is 7.14. The van der Waals surface area contributed by atoms with Crippen molar-refractivity contribution in [3.63, 3.8) is 0 Å². The number of aromatic nitrogens is 3. The Labute approximate surface area is 183 Å². The fourth-order valence-corrected chi connectivity index (χ4v) is 9.83. The van der Waals surface area contributed by atoms with E-state index in [0.29, 0.717) is 19.8 Å². The number of anilines is 1. The molecule has 2 N–H and O–H groups in total. The third-order valence-corrected chi connectivity index (χ3v) is 11.1. The van der Waals surface area contributed by atoms with E-state index >= 15 is 0 Å². The van der Waals surface area contributed by atoms with Crippen LogP contribution in [-0.2, 0) is 22.7 Å². The third-order valence-electron chi connectivity index (χ3n) is 4.92. The number of nitrogen functional groups attached to an aromatic ring is 1. The van der Waals surface area contributed by atoms with E-state index in [9.17, 15) is 4.79 Å². The molecule has 1 aromatic heterocycles. The molecule has 2 atom stereocenters. The molecule has 8 heteroatoms. The van der Waals surface area contributed by atoms with Crippen LogP contribution in [0.15, 0.2) is 71.8 Å². The molecule has 1 unspecified atom stereocenters. The van der Waals surface area contributed by atoms with Crippen molar-refractivity contribution in [3.8, 4) is 0 Å². The van der Waals surface area contributed by atoms with Gasteiger partial charge in [-0.1, -0.05) is 0 Å². The van der Waals surface area contributed by atoms with Crippen LogP contribution in [0.25, 0.3) is 0 Å². The first-order valence-corrected chi connectivity index (χ1v) is 13.8. The van der Waals surface area contributed by atoms with Gasteiger partial charge in [0.15, 0.2) is 0 Å². The Morgan fingerprint density at radius 2 is 1.67 bits per heavy atom. The molecule has 0 saturated carbocycles. The van der Waals surface area contributed by atoms with Gasteiger partial charge in [-0.15, -0.1) is 0 Å². The fraction of sp³-hybridized carbons (Fsp3) is 0.318. The molecule has 0 spiro atoms. The molecule has 1 saturated heterocycles. The first-order valence-electron chi connectivity index (χ1n) is 9.80. The maximum absolute atomic E-state index is 12.3. The molecule has 0 radical (unpaired) electrons. The summed E-state index contributed by atoms with van der Waals surface area (Å²) in [6.07, 6.45) is 1.60. The molecule has 0 bridgehead atoms. The van der Waals surface area contributed by atoms with Crippen LogP contribution in [0.1, 0.15) is 11.1 Å². The van der Waals surface area contributed by atoms with Crippen molar-refractivity contribution in [1.82, 2.24) is 12.7 Å². The van der Waals surface area contributed by atoms with E-state index in [-0.39, 0.29) is 23.7 Å². The van der Waals surface area contributed by atoms with Crippen molar-refractivity contribution in [2.75, 3.05) is 21.2 Å². The summed E-state index contributed by atoms with van der Waals surface area (Å²) in [5.74, 6) is 0.262.